The van der Waals surface area contributed by atoms with Crippen LogP contribution < -0.4 is 4.74 Å². The fourth-order valence-electron chi connectivity index (χ4n) is 2.68. The fraction of sp³-hybridized carbons (Fsp3) is 0.235. The van der Waals surface area contributed by atoms with Gasteiger partial charge in [0.1, 0.15) is 11.3 Å². The number of hydrogen-bond donors (Lipinski definition) is 1. The van der Waals surface area contributed by atoms with E-state index in [4.69, 9.17) is 4.74 Å². The quantitative estimate of drug-likeness (QED) is 0.916. The topological polar surface area (TPSA) is 79.7 Å². The monoisotopic (exact) mass is 312 g/mol. The summed E-state index contributed by atoms with van der Waals surface area (Å²) in [4.78, 5) is 29.5. The first kappa shape index (κ1) is 15.0. The molecule has 0 atom stereocenters. The largest absolute Gasteiger partial charge is 0.493 e. The Hall–Kier alpha value is -2.89. The number of rotatable bonds is 5. The van der Waals surface area contributed by atoms with Crippen molar-refractivity contribution < 1.29 is 19.4 Å². The van der Waals surface area contributed by atoms with Crippen molar-refractivity contribution in [2.75, 3.05) is 6.61 Å². The predicted molar refractivity (Wildman–Crippen MR) is 82.4 cm³/mol. The van der Waals surface area contributed by atoms with Gasteiger partial charge in [0.05, 0.1) is 6.61 Å². The van der Waals surface area contributed by atoms with Crippen molar-refractivity contribution in [1.82, 2.24) is 9.88 Å². The van der Waals surface area contributed by atoms with Gasteiger partial charge in [-0.05, 0) is 42.3 Å². The summed E-state index contributed by atoms with van der Waals surface area (Å²) >= 11 is 0. The lowest BCUT2D eigenvalue weighted by molar-refractivity contribution is 0.0691. The van der Waals surface area contributed by atoms with Gasteiger partial charge in [-0.1, -0.05) is 0 Å². The van der Waals surface area contributed by atoms with Gasteiger partial charge in [0.2, 0.25) is 0 Å². The third kappa shape index (κ3) is 2.88. The van der Waals surface area contributed by atoms with Crippen molar-refractivity contribution in [3.63, 3.8) is 0 Å². The molecule has 2 aromatic rings. The summed E-state index contributed by atoms with van der Waals surface area (Å²) in [5.74, 6) is -0.941. The molecule has 0 saturated carbocycles. The van der Waals surface area contributed by atoms with Gasteiger partial charge < -0.3 is 14.7 Å². The van der Waals surface area contributed by atoms with Gasteiger partial charge in [-0.25, -0.2) is 4.79 Å². The van der Waals surface area contributed by atoms with Gasteiger partial charge in [0.25, 0.3) is 5.91 Å². The molecular formula is C17H16N2O4. The van der Waals surface area contributed by atoms with Crippen LogP contribution in [-0.2, 0) is 13.1 Å². The maximum absolute atomic E-state index is 12.5. The minimum atomic E-state index is -1.06. The second-order valence-corrected chi connectivity index (χ2v) is 5.26. The molecule has 0 aliphatic carbocycles. The number of nitrogens with zero attached hydrogens (tertiary/aromatic N) is 2. The first-order valence-electron chi connectivity index (χ1n) is 7.31. The molecule has 0 fully saturated rings. The lowest BCUT2D eigenvalue weighted by atomic mass is 10.0. The minimum Gasteiger partial charge on any atom is -0.493 e. The van der Waals surface area contributed by atoms with Crippen LogP contribution in [0.1, 0.15) is 38.8 Å². The Morgan fingerprint density at radius 2 is 2.09 bits per heavy atom. The van der Waals surface area contributed by atoms with Crippen LogP contribution in [0.3, 0.4) is 0 Å². The van der Waals surface area contributed by atoms with Crippen LogP contribution in [-0.4, -0.2) is 33.5 Å². The zero-order chi connectivity index (χ0) is 16.4. The number of amides is 1. The van der Waals surface area contributed by atoms with Crippen molar-refractivity contribution in [3.8, 4) is 5.75 Å². The van der Waals surface area contributed by atoms with Crippen LogP contribution in [0.2, 0.25) is 0 Å². The van der Waals surface area contributed by atoms with E-state index in [1.165, 1.54) is 12.1 Å². The molecule has 1 amide bonds. The molecule has 1 aliphatic heterocycles. The number of ether oxygens (including phenoxy) is 1. The summed E-state index contributed by atoms with van der Waals surface area (Å²) in [5, 5.41) is 9.31. The van der Waals surface area contributed by atoms with Gasteiger partial charge >= 0.3 is 5.97 Å². The number of hydrogen-bond acceptors (Lipinski definition) is 4. The first-order chi connectivity index (χ1) is 11.1. The lowest BCUT2D eigenvalue weighted by Crippen LogP contribution is -2.23. The Bertz CT molecular complexity index is 759. The van der Waals surface area contributed by atoms with Gasteiger partial charge in [-0.15, -0.1) is 0 Å². The summed E-state index contributed by atoms with van der Waals surface area (Å²) < 4.78 is 5.37. The molecule has 1 N–H and O–H groups in total. The predicted octanol–water partition coefficient (Wildman–Crippen LogP) is 2.33. The fourth-order valence-corrected chi connectivity index (χ4v) is 2.68. The molecular weight excluding hydrogens is 296 g/mol. The second kappa shape index (κ2) is 6.08. The minimum absolute atomic E-state index is 0.0872. The molecule has 0 saturated heterocycles. The van der Waals surface area contributed by atoms with E-state index in [0.29, 0.717) is 30.8 Å². The number of pyridine rings is 1. The molecule has 0 radical (unpaired) electrons. The van der Waals surface area contributed by atoms with Crippen LogP contribution in [0, 0.1) is 0 Å². The maximum Gasteiger partial charge on any atom is 0.339 e. The number of carbonyl (C=O) groups is 2. The molecule has 23 heavy (non-hydrogen) atoms. The zero-order valence-electron chi connectivity index (χ0n) is 12.7. The average Bonchev–Trinajstić information content (AvgIpc) is 2.84. The molecule has 6 heteroatoms. The van der Waals surface area contributed by atoms with Crippen molar-refractivity contribution in [2.45, 2.75) is 20.0 Å². The molecule has 0 bridgehead atoms. The molecule has 1 aromatic heterocycles. The summed E-state index contributed by atoms with van der Waals surface area (Å²) in [6.45, 7) is 2.97. The SMILES string of the molecule is CCOc1cc2c(cc1C(=O)O)CN(Cc1ccncc1)C2=O. The lowest BCUT2D eigenvalue weighted by Gasteiger charge is -2.15. The molecule has 3 rings (SSSR count). The number of benzene rings is 1. The van der Waals surface area contributed by atoms with Crippen molar-refractivity contribution in [2.24, 2.45) is 0 Å². The number of carbonyl (C=O) groups excluding carboxylic acids is 1. The van der Waals surface area contributed by atoms with E-state index in [-0.39, 0.29) is 17.2 Å². The molecule has 1 aliphatic rings. The number of carboxylic acid groups (broad SMARTS) is 1. The molecule has 0 unspecified atom stereocenters. The highest BCUT2D eigenvalue weighted by Crippen LogP contribution is 2.31. The summed E-state index contributed by atoms with van der Waals surface area (Å²) in [7, 11) is 0. The van der Waals surface area contributed by atoms with Gasteiger partial charge in [0.15, 0.2) is 0 Å². The maximum atomic E-state index is 12.5. The van der Waals surface area contributed by atoms with Crippen molar-refractivity contribution in [1.29, 1.82) is 0 Å². The van der Waals surface area contributed by atoms with Gasteiger partial charge in [0, 0.05) is 31.0 Å². The van der Waals surface area contributed by atoms with E-state index in [2.05, 4.69) is 4.98 Å². The highest BCUT2D eigenvalue weighted by molar-refractivity contribution is 6.01. The Kier molecular flexibility index (Phi) is 3.97. The second-order valence-electron chi connectivity index (χ2n) is 5.26. The van der Waals surface area contributed by atoms with Crippen LogP contribution in [0.15, 0.2) is 36.7 Å². The van der Waals surface area contributed by atoms with Crippen LogP contribution in [0.4, 0.5) is 0 Å². The third-order valence-electron chi connectivity index (χ3n) is 3.74. The normalized spacial score (nSPS) is 13.1. The van der Waals surface area contributed by atoms with Gasteiger partial charge in [-0.2, -0.15) is 0 Å². The standard InChI is InChI=1S/C17H16N2O4/c1-2-23-15-8-13-12(7-14(15)17(21)22)10-19(16(13)20)9-11-3-5-18-6-4-11/h3-8H,2,9-10H2,1H3,(H,21,22). The Labute approximate surface area is 133 Å². The van der Waals surface area contributed by atoms with E-state index in [1.807, 2.05) is 12.1 Å². The zero-order valence-corrected chi connectivity index (χ0v) is 12.7. The Balaban J connectivity index is 1.91. The van der Waals surface area contributed by atoms with Crippen molar-refractivity contribution in [3.05, 3.63) is 58.9 Å². The summed E-state index contributed by atoms with van der Waals surface area (Å²) in [6.07, 6.45) is 3.36. The Morgan fingerprint density at radius 1 is 1.35 bits per heavy atom. The highest BCUT2D eigenvalue weighted by Gasteiger charge is 2.30. The smallest absolute Gasteiger partial charge is 0.339 e. The van der Waals surface area contributed by atoms with E-state index in [0.717, 1.165) is 5.56 Å². The van der Waals surface area contributed by atoms with Crippen LogP contribution >= 0.6 is 0 Å². The average molecular weight is 312 g/mol. The third-order valence-corrected chi connectivity index (χ3v) is 3.74. The Morgan fingerprint density at radius 3 is 2.74 bits per heavy atom. The van der Waals surface area contributed by atoms with E-state index in [1.54, 1.807) is 24.2 Å². The highest BCUT2D eigenvalue weighted by atomic mass is 16.5. The molecule has 0 spiro atoms. The van der Waals surface area contributed by atoms with Crippen LogP contribution in [0.25, 0.3) is 0 Å². The number of aromatic nitrogens is 1. The number of aromatic carboxylic acids is 1. The van der Waals surface area contributed by atoms with E-state index < -0.39 is 5.97 Å². The van der Waals surface area contributed by atoms with E-state index >= 15 is 0 Å². The summed E-state index contributed by atoms with van der Waals surface area (Å²) in [5.41, 5.74) is 2.28. The van der Waals surface area contributed by atoms with Crippen molar-refractivity contribution >= 4 is 11.9 Å². The number of carboxylic acids is 1. The number of fused-ring (bicyclic) bond motifs is 1. The molecule has 2 heterocycles. The molecule has 118 valence electrons. The first-order valence-corrected chi connectivity index (χ1v) is 7.31. The van der Waals surface area contributed by atoms with E-state index in [9.17, 15) is 14.7 Å². The van der Waals surface area contributed by atoms with Crippen LogP contribution in [0.5, 0.6) is 5.75 Å². The van der Waals surface area contributed by atoms with Gasteiger partial charge in [-0.3, -0.25) is 9.78 Å². The summed E-state index contributed by atoms with van der Waals surface area (Å²) in [6, 6.07) is 6.78. The molecule has 6 nitrogen and oxygen atoms in total. The molecule has 1 aromatic carbocycles.